The number of carbonyl (C=O) groups is 2. The first-order valence-electron chi connectivity index (χ1n) is 10.9. The van der Waals surface area contributed by atoms with Crippen LogP contribution in [0.2, 0.25) is 10.0 Å². The van der Waals surface area contributed by atoms with E-state index in [4.69, 9.17) is 23.2 Å². The third-order valence-corrected chi connectivity index (χ3v) is 6.99. The zero-order valence-corrected chi connectivity index (χ0v) is 19.6. The van der Waals surface area contributed by atoms with E-state index in [1.54, 1.807) is 12.1 Å². The van der Waals surface area contributed by atoms with Gasteiger partial charge >= 0.3 is 0 Å². The molecule has 0 aromatic heterocycles. The molecule has 170 valence electrons. The van der Waals surface area contributed by atoms with Crippen LogP contribution in [0.3, 0.4) is 0 Å². The maximum absolute atomic E-state index is 12.6. The Morgan fingerprint density at radius 3 is 2.67 bits per heavy atom. The third kappa shape index (κ3) is 5.39. The van der Waals surface area contributed by atoms with Crippen LogP contribution in [0.25, 0.3) is 5.57 Å². The Labute approximate surface area is 203 Å². The highest BCUT2D eigenvalue weighted by Crippen LogP contribution is 2.27. The van der Waals surface area contributed by atoms with Crippen LogP contribution in [0.5, 0.6) is 0 Å². The molecule has 0 radical (unpaired) electrons. The first kappa shape index (κ1) is 23.3. The van der Waals surface area contributed by atoms with Gasteiger partial charge in [-0.05, 0) is 48.2 Å². The lowest BCUT2D eigenvalue weighted by Crippen LogP contribution is -2.43. The van der Waals surface area contributed by atoms with E-state index in [2.05, 4.69) is 22.4 Å². The monoisotopic (exact) mass is 482 g/mol. The average molecular weight is 483 g/mol. The van der Waals surface area contributed by atoms with Crippen molar-refractivity contribution in [1.29, 1.82) is 5.26 Å². The van der Waals surface area contributed by atoms with Gasteiger partial charge in [-0.1, -0.05) is 47.5 Å². The average Bonchev–Trinajstić information content (AvgIpc) is 3.34. The molecule has 1 unspecified atom stereocenters. The Morgan fingerprint density at radius 2 is 1.94 bits per heavy atom. The van der Waals surface area contributed by atoms with Gasteiger partial charge in [0.05, 0.1) is 28.2 Å². The highest BCUT2D eigenvalue weighted by atomic mass is 35.5. The molecule has 0 aliphatic carbocycles. The summed E-state index contributed by atoms with van der Waals surface area (Å²) in [6, 6.07) is 14.9. The molecule has 1 N–H and O–H groups in total. The van der Waals surface area contributed by atoms with Crippen molar-refractivity contribution < 1.29 is 9.59 Å². The van der Waals surface area contributed by atoms with Crippen LogP contribution in [0.1, 0.15) is 34.3 Å². The predicted molar refractivity (Wildman–Crippen MR) is 129 cm³/mol. The standard InChI is InChI=1S/C25H24Cl2N4O2/c26-22-6-5-18(13-23(22)27)25(33)29-15-24(32)31-12-9-20(16-31)30-10-7-17(8-11-30)21-4-2-1-3-19(21)14-28/h1-7,13,20H,8-12,15-16H2,(H,29,33). The molecule has 6 nitrogen and oxygen atoms in total. The van der Waals surface area contributed by atoms with Crippen molar-refractivity contribution in [2.75, 3.05) is 32.7 Å². The van der Waals surface area contributed by atoms with Crippen molar-refractivity contribution in [3.8, 4) is 6.07 Å². The van der Waals surface area contributed by atoms with Crippen LogP contribution in [0, 0.1) is 11.3 Å². The lowest BCUT2D eigenvalue weighted by molar-refractivity contribution is -0.129. The fourth-order valence-corrected chi connectivity index (χ4v) is 4.69. The van der Waals surface area contributed by atoms with E-state index in [9.17, 15) is 14.9 Å². The number of hydrogen-bond acceptors (Lipinski definition) is 4. The minimum Gasteiger partial charge on any atom is -0.343 e. The number of rotatable bonds is 5. The molecule has 2 aromatic rings. The molecule has 2 aromatic carbocycles. The number of hydrogen-bond donors (Lipinski definition) is 1. The summed E-state index contributed by atoms with van der Waals surface area (Å²) in [5, 5.41) is 12.7. The van der Waals surface area contributed by atoms with Crippen LogP contribution < -0.4 is 5.32 Å². The maximum atomic E-state index is 12.6. The van der Waals surface area contributed by atoms with E-state index >= 15 is 0 Å². The van der Waals surface area contributed by atoms with Crippen LogP contribution >= 0.6 is 23.2 Å². The molecule has 2 amide bonds. The summed E-state index contributed by atoms with van der Waals surface area (Å²) in [6.07, 6.45) is 3.98. The van der Waals surface area contributed by atoms with E-state index < -0.39 is 0 Å². The molecule has 2 heterocycles. The van der Waals surface area contributed by atoms with E-state index in [0.717, 1.165) is 31.5 Å². The number of likely N-dealkylation sites (tertiary alicyclic amines) is 1. The van der Waals surface area contributed by atoms with Gasteiger partial charge in [0.15, 0.2) is 0 Å². The Kier molecular flexibility index (Phi) is 7.34. The lowest BCUT2D eigenvalue weighted by atomic mass is 9.95. The van der Waals surface area contributed by atoms with Crippen molar-refractivity contribution in [3.05, 3.63) is 75.3 Å². The molecule has 33 heavy (non-hydrogen) atoms. The molecule has 0 spiro atoms. The molecule has 8 heteroatoms. The summed E-state index contributed by atoms with van der Waals surface area (Å²) in [5.74, 6) is -0.453. The van der Waals surface area contributed by atoms with E-state index in [-0.39, 0.29) is 18.4 Å². The van der Waals surface area contributed by atoms with Crippen LogP contribution in [0.15, 0.2) is 48.5 Å². The van der Waals surface area contributed by atoms with Gasteiger partial charge in [0.1, 0.15) is 0 Å². The summed E-state index contributed by atoms with van der Waals surface area (Å²) in [4.78, 5) is 29.2. The quantitative estimate of drug-likeness (QED) is 0.698. The highest BCUT2D eigenvalue weighted by molar-refractivity contribution is 6.42. The minimum atomic E-state index is -0.357. The second kappa shape index (κ2) is 10.4. The summed E-state index contributed by atoms with van der Waals surface area (Å²) in [7, 11) is 0. The molecule has 0 saturated carbocycles. The fraction of sp³-hybridized carbons (Fsp3) is 0.320. The molecule has 1 saturated heterocycles. The van der Waals surface area contributed by atoms with Crippen molar-refractivity contribution in [1.82, 2.24) is 15.1 Å². The number of nitrogens with one attached hydrogen (secondary N) is 1. The summed E-state index contributed by atoms with van der Waals surface area (Å²) >= 11 is 11.8. The van der Waals surface area contributed by atoms with Gasteiger partial charge in [0, 0.05) is 37.8 Å². The summed E-state index contributed by atoms with van der Waals surface area (Å²) in [5.41, 5.74) is 3.29. The van der Waals surface area contributed by atoms with Gasteiger partial charge in [-0.25, -0.2) is 0 Å². The van der Waals surface area contributed by atoms with E-state index in [1.807, 2.05) is 29.2 Å². The van der Waals surface area contributed by atoms with E-state index in [1.165, 1.54) is 11.6 Å². The van der Waals surface area contributed by atoms with Crippen molar-refractivity contribution in [3.63, 3.8) is 0 Å². The largest absolute Gasteiger partial charge is 0.343 e. The number of amides is 2. The molecule has 1 atom stereocenters. The van der Waals surface area contributed by atoms with Crippen molar-refractivity contribution in [2.24, 2.45) is 0 Å². The Bertz CT molecular complexity index is 1140. The van der Waals surface area contributed by atoms with Gasteiger partial charge in [0.25, 0.3) is 5.91 Å². The number of nitriles is 1. The van der Waals surface area contributed by atoms with Gasteiger partial charge < -0.3 is 10.2 Å². The van der Waals surface area contributed by atoms with E-state index in [0.29, 0.717) is 40.3 Å². The van der Waals surface area contributed by atoms with Gasteiger partial charge in [-0.2, -0.15) is 5.26 Å². The van der Waals surface area contributed by atoms with Crippen LogP contribution in [-0.4, -0.2) is 60.4 Å². The number of carbonyl (C=O) groups excluding carboxylic acids is 2. The number of nitrogens with zero attached hydrogens (tertiary/aromatic N) is 3. The Morgan fingerprint density at radius 1 is 1.12 bits per heavy atom. The normalized spacial score (nSPS) is 18.5. The third-order valence-electron chi connectivity index (χ3n) is 6.25. The highest BCUT2D eigenvalue weighted by Gasteiger charge is 2.31. The van der Waals surface area contributed by atoms with Gasteiger partial charge in [0.2, 0.25) is 5.91 Å². The zero-order chi connectivity index (χ0) is 23.4. The summed E-state index contributed by atoms with van der Waals surface area (Å²) < 4.78 is 0. The first-order valence-corrected chi connectivity index (χ1v) is 11.7. The molecule has 2 aliphatic heterocycles. The summed E-state index contributed by atoms with van der Waals surface area (Å²) in [6.45, 7) is 2.97. The topological polar surface area (TPSA) is 76.4 Å². The Hall–Kier alpha value is -2.85. The minimum absolute atomic E-state index is 0.0548. The van der Waals surface area contributed by atoms with Gasteiger partial charge in [-0.3, -0.25) is 14.5 Å². The second-order valence-electron chi connectivity index (χ2n) is 8.23. The van der Waals surface area contributed by atoms with Crippen molar-refractivity contribution >= 4 is 40.6 Å². The lowest BCUT2D eigenvalue weighted by Gasteiger charge is -2.32. The molecular formula is C25H24Cl2N4O2. The fourth-order valence-electron chi connectivity index (χ4n) is 4.40. The predicted octanol–water partition coefficient (Wildman–Crippen LogP) is 3.99. The molecule has 1 fully saturated rings. The second-order valence-corrected chi connectivity index (χ2v) is 9.04. The molecule has 4 rings (SSSR count). The van der Waals surface area contributed by atoms with Crippen LogP contribution in [-0.2, 0) is 4.79 Å². The maximum Gasteiger partial charge on any atom is 0.251 e. The van der Waals surface area contributed by atoms with Crippen LogP contribution in [0.4, 0.5) is 0 Å². The molecule has 2 aliphatic rings. The Balaban J connectivity index is 1.28. The molecule has 0 bridgehead atoms. The van der Waals surface area contributed by atoms with Gasteiger partial charge in [-0.15, -0.1) is 0 Å². The number of benzene rings is 2. The number of halogens is 2. The zero-order valence-electron chi connectivity index (χ0n) is 18.1. The first-order chi connectivity index (χ1) is 16.0. The SMILES string of the molecule is N#Cc1ccccc1C1=CCN(C2CCN(C(=O)CNC(=O)c3ccc(Cl)c(Cl)c3)C2)CC1. The smallest absolute Gasteiger partial charge is 0.251 e. The van der Waals surface area contributed by atoms with Crippen molar-refractivity contribution in [2.45, 2.75) is 18.9 Å². The molecular weight excluding hydrogens is 459 g/mol.